The zero-order valence-corrected chi connectivity index (χ0v) is 18.3. The second-order valence-corrected chi connectivity index (χ2v) is 8.48. The van der Waals surface area contributed by atoms with Crippen LogP contribution in [0.15, 0.2) is 66.7 Å². The van der Waals surface area contributed by atoms with Crippen molar-refractivity contribution in [3.8, 4) is 17.2 Å². The monoisotopic (exact) mass is 444 g/mol. The number of rotatable bonds is 6. The summed E-state index contributed by atoms with van der Waals surface area (Å²) in [6, 6.07) is 17.5. The number of fused-ring (bicyclic) bond motifs is 1. The van der Waals surface area contributed by atoms with Crippen LogP contribution in [0.3, 0.4) is 0 Å². The van der Waals surface area contributed by atoms with Gasteiger partial charge >= 0.3 is 5.97 Å². The van der Waals surface area contributed by atoms with Crippen molar-refractivity contribution in [2.45, 2.75) is 13.8 Å². The van der Waals surface area contributed by atoms with E-state index in [-0.39, 0.29) is 11.5 Å². The van der Waals surface area contributed by atoms with Gasteiger partial charge in [-0.2, -0.15) is 0 Å². The molecule has 1 aromatic heterocycles. The fraction of sp³-hybridized carbons (Fsp3) is 0.0769. The maximum Gasteiger partial charge on any atom is 0.328 e. The van der Waals surface area contributed by atoms with E-state index in [0.717, 1.165) is 27.3 Å². The van der Waals surface area contributed by atoms with Crippen molar-refractivity contribution in [1.82, 2.24) is 0 Å². The van der Waals surface area contributed by atoms with Gasteiger partial charge in [-0.3, -0.25) is 4.79 Å². The number of carboxylic acid groups (broad SMARTS) is 1. The minimum Gasteiger partial charge on any atom is -0.508 e. The lowest BCUT2D eigenvalue weighted by molar-refractivity contribution is -0.131. The Morgan fingerprint density at radius 3 is 2.41 bits per heavy atom. The topological polar surface area (TPSA) is 83.8 Å². The summed E-state index contributed by atoms with van der Waals surface area (Å²) in [4.78, 5) is 24.6. The number of phenols is 1. The molecule has 0 amide bonds. The molecule has 0 bridgehead atoms. The molecule has 6 heteroatoms. The number of phenolic OH excluding ortho intramolecular Hbond substituents is 1. The molecule has 0 aliphatic heterocycles. The van der Waals surface area contributed by atoms with E-state index >= 15 is 0 Å². The molecule has 0 atom stereocenters. The Hall–Kier alpha value is -3.90. The van der Waals surface area contributed by atoms with Gasteiger partial charge in [-0.05, 0) is 61.4 Å². The average Bonchev–Trinajstić information content (AvgIpc) is 3.10. The van der Waals surface area contributed by atoms with E-state index in [4.69, 9.17) is 9.84 Å². The molecule has 32 heavy (non-hydrogen) atoms. The molecule has 0 spiro atoms. The van der Waals surface area contributed by atoms with E-state index in [9.17, 15) is 14.7 Å². The van der Waals surface area contributed by atoms with E-state index in [1.807, 2.05) is 32.0 Å². The van der Waals surface area contributed by atoms with Crippen LogP contribution in [0, 0.1) is 13.8 Å². The Morgan fingerprint density at radius 1 is 0.969 bits per heavy atom. The number of thiophene rings is 1. The third kappa shape index (κ3) is 4.40. The van der Waals surface area contributed by atoms with Gasteiger partial charge in [-0.1, -0.05) is 35.9 Å². The quantitative estimate of drug-likeness (QED) is 0.268. The van der Waals surface area contributed by atoms with Crippen LogP contribution in [0.2, 0.25) is 0 Å². The first kappa shape index (κ1) is 21.3. The van der Waals surface area contributed by atoms with Crippen LogP contribution >= 0.6 is 11.3 Å². The highest BCUT2D eigenvalue weighted by Crippen LogP contribution is 2.43. The van der Waals surface area contributed by atoms with Crippen molar-refractivity contribution >= 4 is 39.3 Å². The van der Waals surface area contributed by atoms with Crippen LogP contribution in [0.4, 0.5) is 0 Å². The lowest BCUT2D eigenvalue weighted by Crippen LogP contribution is -2.03. The van der Waals surface area contributed by atoms with Crippen LogP contribution in [-0.4, -0.2) is 22.0 Å². The number of aromatic hydroxyl groups is 1. The number of carbonyl (C=O) groups is 2. The number of carbonyl (C=O) groups excluding carboxylic acids is 1. The van der Waals surface area contributed by atoms with Crippen LogP contribution in [0.1, 0.15) is 31.9 Å². The number of carboxylic acids is 1. The van der Waals surface area contributed by atoms with Gasteiger partial charge in [0.05, 0.1) is 0 Å². The summed E-state index contributed by atoms with van der Waals surface area (Å²) in [5, 5.41) is 19.4. The standard InChI is InChI=1S/C26H20O5S/c1-15-3-10-20(16(2)13-15)24(30)26-25(21-11-7-18(27)14-22(21)32-26)31-19-8-4-17(5-9-19)6-12-23(28)29/h3-14,27H,1-2H3,(H,28,29). The fourth-order valence-corrected chi connectivity index (χ4v) is 4.55. The van der Waals surface area contributed by atoms with Gasteiger partial charge in [0, 0.05) is 21.7 Å². The highest BCUT2D eigenvalue weighted by molar-refractivity contribution is 7.21. The van der Waals surface area contributed by atoms with E-state index in [0.29, 0.717) is 27.5 Å². The second-order valence-electron chi connectivity index (χ2n) is 7.43. The summed E-state index contributed by atoms with van der Waals surface area (Å²) in [5.74, 6) is -0.0961. The number of ketones is 1. The fourth-order valence-electron chi connectivity index (χ4n) is 3.44. The van der Waals surface area contributed by atoms with Gasteiger partial charge in [-0.15, -0.1) is 11.3 Å². The lowest BCUT2D eigenvalue weighted by atomic mass is 10.0. The molecule has 0 radical (unpaired) electrons. The van der Waals surface area contributed by atoms with E-state index < -0.39 is 5.97 Å². The predicted octanol–water partition coefficient (Wildman–Crippen LogP) is 6.34. The third-order valence-corrected chi connectivity index (χ3v) is 6.11. The number of aryl methyl sites for hydroxylation is 2. The minimum atomic E-state index is -1.02. The Bertz CT molecular complexity index is 1360. The molecule has 4 rings (SSSR count). The molecule has 160 valence electrons. The summed E-state index contributed by atoms with van der Waals surface area (Å²) in [5.41, 5.74) is 3.28. The van der Waals surface area contributed by atoms with Gasteiger partial charge in [0.15, 0.2) is 5.75 Å². The Kier molecular flexibility index (Phi) is 5.79. The van der Waals surface area contributed by atoms with Crippen molar-refractivity contribution in [3.63, 3.8) is 0 Å². The van der Waals surface area contributed by atoms with Crippen molar-refractivity contribution < 1.29 is 24.5 Å². The van der Waals surface area contributed by atoms with Gasteiger partial charge in [0.2, 0.25) is 5.78 Å². The van der Waals surface area contributed by atoms with Crippen molar-refractivity contribution in [2.24, 2.45) is 0 Å². The zero-order valence-electron chi connectivity index (χ0n) is 17.5. The maximum atomic E-state index is 13.5. The van der Waals surface area contributed by atoms with Crippen molar-refractivity contribution in [3.05, 3.63) is 93.9 Å². The van der Waals surface area contributed by atoms with Gasteiger partial charge in [0.25, 0.3) is 0 Å². The summed E-state index contributed by atoms with van der Waals surface area (Å²) in [6.45, 7) is 3.89. The Labute approximate surface area is 188 Å². The SMILES string of the molecule is Cc1ccc(C(=O)c2sc3cc(O)ccc3c2Oc2ccc(C=CC(=O)O)cc2)c(C)c1. The first-order valence-corrected chi connectivity index (χ1v) is 10.7. The molecular weight excluding hydrogens is 424 g/mol. The van der Waals surface area contributed by atoms with Gasteiger partial charge < -0.3 is 14.9 Å². The van der Waals surface area contributed by atoms with Gasteiger partial charge in [-0.25, -0.2) is 4.79 Å². The molecule has 3 aromatic carbocycles. The predicted molar refractivity (Wildman–Crippen MR) is 126 cm³/mol. The maximum absolute atomic E-state index is 13.5. The molecule has 0 aliphatic carbocycles. The summed E-state index contributed by atoms with van der Waals surface area (Å²) >= 11 is 1.28. The molecule has 2 N–H and O–H groups in total. The molecule has 0 saturated heterocycles. The van der Waals surface area contributed by atoms with E-state index in [1.165, 1.54) is 17.4 Å². The van der Waals surface area contributed by atoms with Crippen molar-refractivity contribution in [1.29, 1.82) is 0 Å². The third-order valence-electron chi connectivity index (χ3n) is 4.98. The first-order chi connectivity index (χ1) is 15.3. The first-order valence-electron chi connectivity index (χ1n) is 9.88. The average molecular weight is 445 g/mol. The Morgan fingerprint density at radius 2 is 1.72 bits per heavy atom. The highest BCUT2D eigenvalue weighted by atomic mass is 32.1. The van der Waals surface area contributed by atoms with Crippen LogP contribution in [-0.2, 0) is 4.79 Å². The normalized spacial score (nSPS) is 11.2. The summed E-state index contributed by atoms with van der Waals surface area (Å²) in [7, 11) is 0. The van der Waals surface area contributed by atoms with E-state index in [2.05, 4.69) is 0 Å². The number of ether oxygens (including phenoxy) is 1. The van der Waals surface area contributed by atoms with Crippen LogP contribution < -0.4 is 4.74 Å². The smallest absolute Gasteiger partial charge is 0.328 e. The Balaban J connectivity index is 1.76. The zero-order chi connectivity index (χ0) is 22.8. The summed E-state index contributed by atoms with van der Waals surface area (Å²) in [6.07, 6.45) is 2.55. The van der Waals surface area contributed by atoms with Crippen LogP contribution in [0.25, 0.3) is 16.2 Å². The number of hydrogen-bond acceptors (Lipinski definition) is 5. The van der Waals surface area contributed by atoms with Crippen LogP contribution in [0.5, 0.6) is 17.2 Å². The molecule has 5 nitrogen and oxygen atoms in total. The number of benzene rings is 3. The molecule has 0 unspecified atom stereocenters. The molecule has 0 saturated carbocycles. The largest absolute Gasteiger partial charge is 0.508 e. The molecular formula is C26H20O5S. The molecule has 0 aliphatic rings. The molecule has 1 heterocycles. The second kappa shape index (κ2) is 8.69. The molecule has 4 aromatic rings. The van der Waals surface area contributed by atoms with E-state index in [1.54, 1.807) is 42.5 Å². The van der Waals surface area contributed by atoms with Gasteiger partial charge in [0.1, 0.15) is 16.4 Å². The lowest BCUT2D eigenvalue weighted by Gasteiger charge is -2.09. The highest BCUT2D eigenvalue weighted by Gasteiger charge is 2.23. The van der Waals surface area contributed by atoms with Crippen molar-refractivity contribution in [2.75, 3.05) is 0 Å². The summed E-state index contributed by atoms with van der Waals surface area (Å²) < 4.78 is 6.90. The number of aliphatic carboxylic acids is 1. The molecule has 0 fully saturated rings. The number of hydrogen-bond donors (Lipinski definition) is 2. The minimum absolute atomic E-state index is 0.116.